The number of carbonyl (C=O) groups is 1. The number of rotatable bonds is 5. The largest absolute Gasteiger partial charge is 0.489 e. The average Bonchev–Trinajstić information content (AvgIpc) is 2.51. The molecule has 0 saturated carbocycles. The monoisotopic (exact) mass is 314 g/mol. The summed E-state index contributed by atoms with van der Waals surface area (Å²) in [5.41, 5.74) is 5.56. The molecular weight excluding hydrogens is 294 g/mol. The number of carboxylic acid groups (broad SMARTS) is 1. The van der Waals surface area contributed by atoms with Crippen LogP contribution >= 0.6 is 0 Å². The number of hydrogen-bond donors (Lipinski definition) is 2. The number of likely N-dealkylation sites (tertiary alicyclic amines) is 1. The minimum absolute atomic E-state index is 0.128. The van der Waals surface area contributed by atoms with Crippen molar-refractivity contribution < 1.29 is 23.4 Å². The quantitative estimate of drug-likeness (QED) is 0.874. The Labute approximate surface area is 127 Å². The molecule has 3 N–H and O–H groups in total. The Morgan fingerprint density at radius 3 is 2.59 bits per heavy atom. The van der Waals surface area contributed by atoms with Gasteiger partial charge in [0.25, 0.3) is 0 Å². The van der Waals surface area contributed by atoms with Gasteiger partial charge in [-0.2, -0.15) is 4.39 Å². The summed E-state index contributed by atoms with van der Waals surface area (Å²) in [5, 5.41) is 8.89. The molecule has 122 valence electrons. The summed E-state index contributed by atoms with van der Waals surface area (Å²) in [4.78, 5) is 12.2. The van der Waals surface area contributed by atoms with Crippen LogP contribution < -0.4 is 10.5 Å². The van der Waals surface area contributed by atoms with Crippen molar-refractivity contribution in [2.75, 3.05) is 26.2 Å². The lowest BCUT2D eigenvalue weighted by Crippen LogP contribution is -2.37. The number of nitrogens with zero attached hydrogens (tertiary/aromatic N) is 1. The molecule has 1 aromatic carbocycles. The smallest absolute Gasteiger partial charge is 0.407 e. The van der Waals surface area contributed by atoms with Gasteiger partial charge in [0.1, 0.15) is 6.61 Å². The van der Waals surface area contributed by atoms with Crippen LogP contribution in [-0.4, -0.2) is 42.3 Å². The number of amides is 1. The first kappa shape index (κ1) is 16.5. The summed E-state index contributed by atoms with van der Waals surface area (Å²) in [6.07, 6.45) is 0.766. The van der Waals surface area contributed by atoms with Crippen LogP contribution in [0.1, 0.15) is 18.4 Å². The molecule has 1 saturated heterocycles. The molecule has 7 heteroatoms. The molecule has 22 heavy (non-hydrogen) atoms. The standard InChI is InChI=1S/C15H20F2N2O3/c16-13-11(1-2-12(14(13)17)22-8-5-18)9-10-3-6-19(7-4-10)15(20)21/h1-2,10H,3-9,18H2,(H,20,21). The van der Waals surface area contributed by atoms with E-state index >= 15 is 0 Å². The fourth-order valence-electron chi connectivity index (χ4n) is 2.65. The highest BCUT2D eigenvalue weighted by Gasteiger charge is 2.24. The Morgan fingerprint density at radius 2 is 2.00 bits per heavy atom. The van der Waals surface area contributed by atoms with Crippen molar-refractivity contribution in [1.29, 1.82) is 0 Å². The highest BCUT2D eigenvalue weighted by molar-refractivity contribution is 5.64. The van der Waals surface area contributed by atoms with E-state index in [2.05, 4.69) is 0 Å². The van der Waals surface area contributed by atoms with Crippen LogP contribution in [0, 0.1) is 17.6 Å². The van der Waals surface area contributed by atoms with Crippen LogP contribution in [0.5, 0.6) is 5.75 Å². The third-order valence-corrected chi connectivity index (χ3v) is 3.90. The van der Waals surface area contributed by atoms with Gasteiger partial charge in [-0.1, -0.05) is 6.07 Å². The second-order valence-electron chi connectivity index (χ2n) is 5.41. The molecule has 1 aromatic rings. The van der Waals surface area contributed by atoms with Crippen molar-refractivity contribution in [3.05, 3.63) is 29.3 Å². The second-order valence-corrected chi connectivity index (χ2v) is 5.41. The lowest BCUT2D eigenvalue weighted by molar-refractivity contribution is 0.124. The third kappa shape index (κ3) is 3.85. The zero-order valence-corrected chi connectivity index (χ0v) is 12.2. The van der Waals surface area contributed by atoms with Gasteiger partial charge in [-0.3, -0.25) is 0 Å². The van der Waals surface area contributed by atoms with Crippen LogP contribution in [0.2, 0.25) is 0 Å². The molecule has 0 atom stereocenters. The topological polar surface area (TPSA) is 75.8 Å². The van der Waals surface area contributed by atoms with E-state index in [0.717, 1.165) is 0 Å². The molecule has 1 aliphatic heterocycles. The van der Waals surface area contributed by atoms with Gasteiger partial charge in [0.15, 0.2) is 11.6 Å². The second kappa shape index (κ2) is 7.40. The molecule has 2 rings (SSSR count). The molecule has 1 fully saturated rings. The van der Waals surface area contributed by atoms with Gasteiger partial charge in [0.2, 0.25) is 5.82 Å². The van der Waals surface area contributed by atoms with Gasteiger partial charge in [-0.15, -0.1) is 0 Å². The maximum absolute atomic E-state index is 14.1. The molecular formula is C15H20F2N2O3. The van der Waals surface area contributed by atoms with E-state index < -0.39 is 17.7 Å². The van der Waals surface area contributed by atoms with E-state index in [0.29, 0.717) is 37.9 Å². The summed E-state index contributed by atoms with van der Waals surface area (Å²) in [6, 6.07) is 2.93. The molecule has 0 radical (unpaired) electrons. The number of nitrogens with two attached hydrogens (primary N) is 1. The molecule has 0 aromatic heterocycles. The Balaban J connectivity index is 1.99. The zero-order valence-electron chi connectivity index (χ0n) is 12.2. The molecule has 1 aliphatic rings. The highest BCUT2D eigenvalue weighted by atomic mass is 19.2. The van der Waals surface area contributed by atoms with Gasteiger partial charge in [-0.05, 0) is 36.8 Å². The van der Waals surface area contributed by atoms with Crippen molar-refractivity contribution in [2.45, 2.75) is 19.3 Å². The molecule has 0 unspecified atom stereocenters. The number of piperidine rings is 1. The van der Waals surface area contributed by atoms with Crippen LogP contribution in [-0.2, 0) is 6.42 Å². The predicted octanol–water partition coefficient (Wildman–Crippen LogP) is 2.23. The Kier molecular flexibility index (Phi) is 5.54. The number of benzene rings is 1. The molecule has 5 nitrogen and oxygen atoms in total. The molecule has 1 amide bonds. The Hall–Kier alpha value is -1.89. The Bertz CT molecular complexity index is 532. The van der Waals surface area contributed by atoms with Crippen LogP contribution in [0.4, 0.5) is 13.6 Å². The minimum Gasteiger partial charge on any atom is -0.489 e. The number of ether oxygens (including phenoxy) is 1. The van der Waals surface area contributed by atoms with E-state index in [1.54, 1.807) is 0 Å². The zero-order chi connectivity index (χ0) is 16.1. The minimum atomic E-state index is -0.992. The SMILES string of the molecule is NCCOc1ccc(CC2CCN(C(=O)O)CC2)c(F)c1F. The lowest BCUT2D eigenvalue weighted by atomic mass is 9.90. The maximum Gasteiger partial charge on any atom is 0.407 e. The summed E-state index contributed by atoms with van der Waals surface area (Å²) < 4.78 is 33.0. The summed E-state index contributed by atoms with van der Waals surface area (Å²) in [7, 11) is 0. The van der Waals surface area contributed by atoms with Crippen molar-refractivity contribution in [2.24, 2.45) is 11.7 Å². The summed E-state index contributed by atoms with van der Waals surface area (Å²) >= 11 is 0. The average molecular weight is 314 g/mol. The van der Waals surface area contributed by atoms with E-state index in [9.17, 15) is 13.6 Å². The normalized spacial score (nSPS) is 15.9. The number of halogens is 2. The van der Waals surface area contributed by atoms with Crippen LogP contribution in [0.3, 0.4) is 0 Å². The Morgan fingerprint density at radius 1 is 1.32 bits per heavy atom. The van der Waals surface area contributed by atoms with E-state index in [1.807, 2.05) is 0 Å². The fraction of sp³-hybridized carbons (Fsp3) is 0.533. The molecule has 1 heterocycles. The van der Waals surface area contributed by atoms with Gasteiger partial charge in [0, 0.05) is 19.6 Å². The van der Waals surface area contributed by atoms with Crippen LogP contribution in [0.15, 0.2) is 12.1 Å². The maximum atomic E-state index is 14.1. The molecule has 0 spiro atoms. The highest BCUT2D eigenvalue weighted by Crippen LogP contribution is 2.27. The summed E-state index contributed by atoms with van der Waals surface area (Å²) in [5.74, 6) is -1.86. The summed E-state index contributed by atoms with van der Waals surface area (Å²) in [6.45, 7) is 1.22. The van der Waals surface area contributed by atoms with Crippen molar-refractivity contribution in [1.82, 2.24) is 4.90 Å². The fourth-order valence-corrected chi connectivity index (χ4v) is 2.65. The van der Waals surface area contributed by atoms with Gasteiger partial charge in [-0.25, -0.2) is 9.18 Å². The molecule has 0 aliphatic carbocycles. The first-order valence-electron chi connectivity index (χ1n) is 7.30. The number of hydrogen-bond acceptors (Lipinski definition) is 3. The van der Waals surface area contributed by atoms with Gasteiger partial charge >= 0.3 is 6.09 Å². The predicted molar refractivity (Wildman–Crippen MR) is 76.9 cm³/mol. The van der Waals surface area contributed by atoms with E-state index in [1.165, 1.54) is 17.0 Å². The van der Waals surface area contributed by atoms with Crippen LogP contribution in [0.25, 0.3) is 0 Å². The van der Waals surface area contributed by atoms with E-state index in [4.69, 9.17) is 15.6 Å². The third-order valence-electron chi connectivity index (χ3n) is 3.90. The molecule has 0 bridgehead atoms. The van der Waals surface area contributed by atoms with Gasteiger partial charge in [0.05, 0.1) is 0 Å². The van der Waals surface area contributed by atoms with Crippen molar-refractivity contribution in [3.63, 3.8) is 0 Å². The van der Waals surface area contributed by atoms with Gasteiger partial charge < -0.3 is 20.5 Å². The first-order chi connectivity index (χ1) is 10.5. The first-order valence-corrected chi connectivity index (χ1v) is 7.30. The van der Waals surface area contributed by atoms with E-state index in [-0.39, 0.29) is 24.8 Å². The van der Waals surface area contributed by atoms with Crippen molar-refractivity contribution >= 4 is 6.09 Å². The lowest BCUT2D eigenvalue weighted by Gasteiger charge is -2.30. The van der Waals surface area contributed by atoms with Crippen molar-refractivity contribution in [3.8, 4) is 5.75 Å².